The predicted octanol–water partition coefficient (Wildman–Crippen LogP) is 2.26. The first kappa shape index (κ1) is 12.0. The van der Waals surface area contributed by atoms with Crippen molar-refractivity contribution in [1.29, 1.82) is 5.26 Å². The van der Waals surface area contributed by atoms with Crippen LogP contribution in [0.2, 0.25) is 0 Å². The van der Waals surface area contributed by atoms with Gasteiger partial charge in [0, 0.05) is 0 Å². The summed E-state index contributed by atoms with van der Waals surface area (Å²) in [5.41, 5.74) is -0.863. The molecule has 1 aliphatic carbocycles. The third-order valence-electron chi connectivity index (χ3n) is 3.10. The minimum atomic E-state index is -0.863. The number of nitrogens with zero attached hydrogens (tertiary/aromatic N) is 3. The van der Waals surface area contributed by atoms with Gasteiger partial charge in [-0.2, -0.15) is 5.26 Å². The second-order valence-corrected chi connectivity index (χ2v) is 5.52. The molecule has 1 saturated carbocycles. The van der Waals surface area contributed by atoms with Crippen LogP contribution in [0.15, 0.2) is 0 Å². The molecule has 0 aliphatic heterocycles. The number of hydrogen-bond acceptors (Lipinski definition) is 5. The van der Waals surface area contributed by atoms with E-state index < -0.39 is 5.41 Å². The Labute approximate surface area is 104 Å². The van der Waals surface area contributed by atoms with Crippen LogP contribution in [0, 0.1) is 23.7 Å². The summed E-state index contributed by atoms with van der Waals surface area (Å²) in [6.45, 7) is 1.83. The molecular formula is C11H14N4OS. The number of amides is 1. The standard InChI is InChI=1S/C11H14N4OS/c1-8-14-15-10(17-8)13-9(16)11(7-12)5-3-2-4-6-11/h2-6H2,1H3,(H,13,15,16). The summed E-state index contributed by atoms with van der Waals surface area (Å²) in [7, 11) is 0. The average molecular weight is 250 g/mol. The lowest BCUT2D eigenvalue weighted by Gasteiger charge is -2.28. The maximum absolute atomic E-state index is 12.1. The lowest BCUT2D eigenvalue weighted by Crippen LogP contribution is -2.36. The number of carbonyl (C=O) groups is 1. The number of nitrogens with one attached hydrogen (secondary N) is 1. The Bertz CT molecular complexity index is 456. The lowest BCUT2D eigenvalue weighted by molar-refractivity contribution is -0.124. The van der Waals surface area contributed by atoms with E-state index in [2.05, 4.69) is 21.6 Å². The highest BCUT2D eigenvalue weighted by atomic mass is 32.1. The van der Waals surface area contributed by atoms with Crippen molar-refractivity contribution in [3.05, 3.63) is 5.01 Å². The first-order valence-corrected chi connectivity index (χ1v) is 6.51. The highest BCUT2D eigenvalue weighted by Crippen LogP contribution is 2.36. The molecule has 0 saturated heterocycles. The number of aryl methyl sites for hydroxylation is 1. The molecule has 1 amide bonds. The first-order chi connectivity index (χ1) is 8.16. The molecule has 0 atom stereocenters. The molecule has 0 aromatic carbocycles. The Morgan fingerprint density at radius 2 is 2.12 bits per heavy atom. The molecule has 5 nitrogen and oxygen atoms in total. The van der Waals surface area contributed by atoms with Gasteiger partial charge >= 0.3 is 0 Å². The molecule has 1 fully saturated rings. The third-order valence-corrected chi connectivity index (χ3v) is 3.86. The fourth-order valence-electron chi connectivity index (χ4n) is 2.11. The van der Waals surface area contributed by atoms with Gasteiger partial charge in [-0.15, -0.1) is 10.2 Å². The van der Waals surface area contributed by atoms with Crippen molar-refractivity contribution < 1.29 is 4.79 Å². The van der Waals surface area contributed by atoms with Crippen LogP contribution in [0.4, 0.5) is 5.13 Å². The number of hydrogen-bond donors (Lipinski definition) is 1. The van der Waals surface area contributed by atoms with Crippen molar-refractivity contribution in [3.63, 3.8) is 0 Å². The zero-order valence-corrected chi connectivity index (χ0v) is 10.5. The van der Waals surface area contributed by atoms with Crippen molar-refractivity contribution in [2.45, 2.75) is 39.0 Å². The molecule has 1 aromatic heterocycles. The number of rotatable bonds is 2. The van der Waals surface area contributed by atoms with Crippen LogP contribution in [-0.2, 0) is 4.79 Å². The van der Waals surface area contributed by atoms with Gasteiger partial charge in [0.2, 0.25) is 11.0 Å². The quantitative estimate of drug-likeness (QED) is 0.873. The van der Waals surface area contributed by atoms with E-state index in [1.807, 2.05) is 6.92 Å². The van der Waals surface area contributed by atoms with E-state index in [-0.39, 0.29) is 5.91 Å². The average Bonchev–Trinajstić information content (AvgIpc) is 2.75. The van der Waals surface area contributed by atoms with Gasteiger partial charge in [0.05, 0.1) is 6.07 Å². The van der Waals surface area contributed by atoms with Crippen LogP contribution in [-0.4, -0.2) is 16.1 Å². The van der Waals surface area contributed by atoms with Crippen LogP contribution in [0.5, 0.6) is 0 Å². The summed E-state index contributed by atoms with van der Waals surface area (Å²) in [6.07, 6.45) is 4.28. The van der Waals surface area contributed by atoms with E-state index in [1.54, 1.807) is 0 Å². The summed E-state index contributed by atoms with van der Waals surface area (Å²) in [5, 5.41) is 20.9. The van der Waals surface area contributed by atoms with Gasteiger partial charge in [0.15, 0.2) is 0 Å². The van der Waals surface area contributed by atoms with Gasteiger partial charge in [-0.3, -0.25) is 10.1 Å². The molecule has 1 heterocycles. The fraction of sp³-hybridized carbons (Fsp3) is 0.636. The molecule has 90 valence electrons. The summed E-state index contributed by atoms with van der Waals surface area (Å²) in [4.78, 5) is 12.1. The highest BCUT2D eigenvalue weighted by molar-refractivity contribution is 7.15. The number of carbonyl (C=O) groups excluding carboxylic acids is 1. The van der Waals surface area contributed by atoms with Gasteiger partial charge < -0.3 is 0 Å². The van der Waals surface area contributed by atoms with Crippen LogP contribution in [0.1, 0.15) is 37.1 Å². The molecule has 1 aliphatic rings. The topological polar surface area (TPSA) is 78.7 Å². The third kappa shape index (κ3) is 2.44. The van der Waals surface area contributed by atoms with Gasteiger partial charge in [-0.1, -0.05) is 30.6 Å². The minimum absolute atomic E-state index is 0.226. The molecular weight excluding hydrogens is 236 g/mol. The first-order valence-electron chi connectivity index (χ1n) is 5.69. The smallest absolute Gasteiger partial charge is 0.246 e. The SMILES string of the molecule is Cc1nnc(NC(=O)C2(C#N)CCCCC2)s1. The second-order valence-electron chi connectivity index (χ2n) is 4.33. The Hall–Kier alpha value is -1.48. The molecule has 0 bridgehead atoms. The molecule has 6 heteroatoms. The highest BCUT2D eigenvalue weighted by Gasteiger charge is 2.40. The van der Waals surface area contributed by atoms with E-state index in [0.717, 1.165) is 24.3 Å². The molecule has 0 unspecified atom stereocenters. The summed E-state index contributed by atoms with van der Waals surface area (Å²) in [5.74, 6) is -0.226. The summed E-state index contributed by atoms with van der Waals surface area (Å²) >= 11 is 1.33. The molecule has 1 N–H and O–H groups in total. The van der Waals surface area contributed by atoms with Gasteiger partial charge in [0.25, 0.3) is 0 Å². The van der Waals surface area contributed by atoms with Crippen molar-refractivity contribution in [1.82, 2.24) is 10.2 Å². The van der Waals surface area contributed by atoms with Crippen LogP contribution in [0.3, 0.4) is 0 Å². The number of anilines is 1. The number of nitriles is 1. The van der Waals surface area contributed by atoms with E-state index in [0.29, 0.717) is 18.0 Å². The molecule has 0 radical (unpaired) electrons. The van der Waals surface area contributed by atoms with E-state index in [1.165, 1.54) is 11.3 Å². The Balaban J connectivity index is 2.10. The zero-order chi connectivity index (χ0) is 12.3. The maximum atomic E-state index is 12.1. The number of aromatic nitrogens is 2. The van der Waals surface area contributed by atoms with E-state index in [9.17, 15) is 10.1 Å². The Kier molecular flexibility index (Phi) is 3.38. The monoisotopic (exact) mass is 250 g/mol. The Morgan fingerprint density at radius 1 is 1.41 bits per heavy atom. The summed E-state index contributed by atoms with van der Waals surface area (Å²) in [6, 6.07) is 2.19. The minimum Gasteiger partial charge on any atom is -0.299 e. The second kappa shape index (κ2) is 4.80. The maximum Gasteiger partial charge on any atom is 0.246 e. The van der Waals surface area contributed by atoms with Gasteiger partial charge in [-0.05, 0) is 19.8 Å². The Morgan fingerprint density at radius 3 is 2.65 bits per heavy atom. The van der Waals surface area contributed by atoms with Crippen molar-refractivity contribution >= 4 is 22.4 Å². The van der Waals surface area contributed by atoms with Crippen LogP contribution in [0.25, 0.3) is 0 Å². The predicted molar refractivity (Wildman–Crippen MR) is 64.4 cm³/mol. The van der Waals surface area contributed by atoms with Crippen molar-refractivity contribution in [2.75, 3.05) is 5.32 Å². The van der Waals surface area contributed by atoms with Crippen molar-refractivity contribution in [3.8, 4) is 6.07 Å². The molecule has 17 heavy (non-hydrogen) atoms. The zero-order valence-electron chi connectivity index (χ0n) is 9.69. The van der Waals surface area contributed by atoms with Crippen LogP contribution >= 0.6 is 11.3 Å². The molecule has 0 spiro atoms. The van der Waals surface area contributed by atoms with Crippen molar-refractivity contribution in [2.24, 2.45) is 5.41 Å². The van der Waals surface area contributed by atoms with E-state index >= 15 is 0 Å². The van der Waals surface area contributed by atoms with Crippen LogP contribution < -0.4 is 5.32 Å². The molecule has 2 rings (SSSR count). The fourth-order valence-corrected chi connectivity index (χ4v) is 2.70. The lowest BCUT2D eigenvalue weighted by atomic mass is 9.74. The summed E-state index contributed by atoms with van der Waals surface area (Å²) < 4.78 is 0. The largest absolute Gasteiger partial charge is 0.299 e. The van der Waals surface area contributed by atoms with E-state index in [4.69, 9.17) is 0 Å². The van der Waals surface area contributed by atoms with Gasteiger partial charge in [-0.25, -0.2) is 0 Å². The normalized spacial score (nSPS) is 18.4. The van der Waals surface area contributed by atoms with Gasteiger partial charge in [0.1, 0.15) is 10.4 Å². The molecule has 1 aromatic rings.